The predicted molar refractivity (Wildman–Crippen MR) is 84.7 cm³/mol. The number of rotatable bonds is 4. The van der Waals surface area contributed by atoms with Gasteiger partial charge in [0.25, 0.3) is 0 Å². The number of halogens is 2. The molecule has 0 bridgehead atoms. The summed E-state index contributed by atoms with van der Waals surface area (Å²) in [5, 5.41) is 0. The number of hydrogen-bond donors (Lipinski definition) is 0. The Morgan fingerprint density at radius 1 is 1.21 bits per heavy atom. The van der Waals surface area contributed by atoms with Crippen molar-refractivity contribution in [2.75, 3.05) is 6.61 Å². The van der Waals surface area contributed by atoms with Crippen LogP contribution in [0.1, 0.15) is 24.0 Å². The molecular formula is C15H15Br2NO. The van der Waals surface area contributed by atoms with Crippen molar-refractivity contribution >= 4 is 31.9 Å². The maximum atomic E-state index is 5.76. The number of benzene rings is 1. The van der Waals surface area contributed by atoms with Crippen LogP contribution in [-0.2, 0) is 0 Å². The van der Waals surface area contributed by atoms with Crippen LogP contribution >= 0.6 is 31.9 Å². The molecule has 2 rings (SSSR count). The summed E-state index contributed by atoms with van der Waals surface area (Å²) >= 11 is 6.82. The minimum Gasteiger partial charge on any atom is -0.476 e. The van der Waals surface area contributed by atoms with Gasteiger partial charge in [-0.05, 0) is 50.4 Å². The zero-order chi connectivity index (χ0) is 13.8. The Balaban J connectivity index is 2.00. The number of hydrogen-bond acceptors (Lipinski definition) is 2. The van der Waals surface area contributed by atoms with E-state index in [9.17, 15) is 0 Å². The molecule has 2 nitrogen and oxygen atoms in total. The van der Waals surface area contributed by atoms with E-state index >= 15 is 0 Å². The SMILES string of the molecule is Cc1ccc([C@H](C)COc2ncc(Br)cc2Br)cc1. The molecule has 0 radical (unpaired) electrons. The lowest BCUT2D eigenvalue weighted by Crippen LogP contribution is -2.08. The molecule has 1 aromatic carbocycles. The van der Waals surface area contributed by atoms with Gasteiger partial charge in [0.2, 0.25) is 5.88 Å². The van der Waals surface area contributed by atoms with E-state index in [0.717, 1.165) is 8.95 Å². The number of aromatic nitrogens is 1. The Kier molecular flexibility index (Phi) is 4.99. The average Bonchev–Trinajstić information content (AvgIpc) is 2.38. The molecule has 1 aromatic heterocycles. The monoisotopic (exact) mass is 383 g/mol. The molecule has 0 amide bonds. The summed E-state index contributed by atoms with van der Waals surface area (Å²) in [7, 11) is 0. The van der Waals surface area contributed by atoms with Crippen molar-refractivity contribution in [1.29, 1.82) is 0 Å². The van der Waals surface area contributed by atoms with E-state index in [2.05, 4.69) is 75.0 Å². The number of aryl methyl sites for hydroxylation is 1. The highest BCUT2D eigenvalue weighted by Gasteiger charge is 2.09. The molecule has 0 aliphatic carbocycles. The number of pyridine rings is 1. The van der Waals surface area contributed by atoms with Crippen LogP contribution in [-0.4, -0.2) is 11.6 Å². The van der Waals surface area contributed by atoms with E-state index in [1.807, 2.05) is 6.07 Å². The normalized spacial score (nSPS) is 12.2. The van der Waals surface area contributed by atoms with E-state index in [-0.39, 0.29) is 0 Å². The molecule has 0 saturated carbocycles. The molecule has 0 N–H and O–H groups in total. The molecule has 2 aromatic rings. The summed E-state index contributed by atoms with van der Waals surface area (Å²) in [5.41, 5.74) is 2.55. The molecule has 1 atom stereocenters. The van der Waals surface area contributed by atoms with Gasteiger partial charge in [0, 0.05) is 16.6 Å². The van der Waals surface area contributed by atoms with E-state index in [1.54, 1.807) is 6.20 Å². The summed E-state index contributed by atoms with van der Waals surface area (Å²) in [6.45, 7) is 4.85. The van der Waals surface area contributed by atoms with Crippen molar-refractivity contribution in [2.45, 2.75) is 19.8 Å². The standard InChI is InChI=1S/C15H15Br2NO/c1-10-3-5-12(6-4-10)11(2)9-19-15-14(17)7-13(16)8-18-15/h3-8,11H,9H2,1-2H3/t11-/m1/s1. The second-order valence-electron chi connectivity index (χ2n) is 4.56. The van der Waals surface area contributed by atoms with Gasteiger partial charge >= 0.3 is 0 Å². The first-order valence-electron chi connectivity index (χ1n) is 6.06. The number of ether oxygens (including phenoxy) is 1. The molecule has 0 aliphatic rings. The maximum absolute atomic E-state index is 5.76. The first-order valence-corrected chi connectivity index (χ1v) is 7.65. The summed E-state index contributed by atoms with van der Waals surface area (Å²) in [6.07, 6.45) is 1.73. The van der Waals surface area contributed by atoms with Crippen molar-refractivity contribution in [1.82, 2.24) is 4.98 Å². The van der Waals surface area contributed by atoms with Crippen LogP contribution in [0.5, 0.6) is 5.88 Å². The minimum atomic E-state index is 0.331. The molecule has 0 fully saturated rings. The van der Waals surface area contributed by atoms with Crippen molar-refractivity contribution in [3.8, 4) is 5.88 Å². The van der Waals surface area contributed by atoms with Crippen LogP contribution in [0.2, 0.25) is 0 Å². The average molecular weight is 385 g/mol. The van der Waals surface area contributed by atoms with Gasteiger partial charge in [-0.2, -0.15) is 0 Å². The lowest BCUT2D eigenvalue weighted by Gasteiger charge is -2.14. The van der Waals surface area contributed by atoms with Crippen LogP contribution in [0.3, 0.4) is 0 Å². The lowest BCUT2D eigenvalue weighted by molar-refractivity contribution is 0.283. The highest BCUT2D eigenvalue weighted by atomic mass is 79.9. The third-order valence-electron chi connectivity index (χ3n) is 2.89. The van der Waals surface area contributed by atoms with Gasteiger partial charge in [-0.3, -0.25) is 0 Å². The van der Waals surface area contributed by atoms with Crippen LogP contribution in [0, 0.1) is 6.92 Å². The van der Waals surface area contributed by atoms with Crippen molar-refractivity contribution < 1.29 is 4.74 Å². The van der Waals surface area contributed by atoms with Gasteiger partial charge in [-0.1, -0.05) is 36.8 Å². The van der Waals surface area contributed by atoms with Crippen LogP contribution in [0.25, 0.3) is 0 Å². The summed E-state index contributed by atoms with van der Waals surface area (Å²) < 4.78 is 7.55. The highest BCUT2D eigenvalue weighted by molar-refractivity contribution is 9.11. The van der Waals surface area contributed by atoms with E-state index in [4.69, 9.17) is 4.74 Å². The summed E-state index contributed by atoms with van der Waals surface area (Å²) in [6, 6.07) is 10.5. The smallest absolute Gasteiger partial charge is 0.228 e. The zero-order valence-electron chi connectivity index (χ0n) is 10.9. The molecule has 1 heterocycles. The molecular weight excluding hydrogens is 370 g/mol. The fourth-order valence-electron chi connectivity index (χ4n) is 1.70. The molecule has 100 valence electrons. The van der Waals surface area contributed by atoms with Crippen molar-refractivity contribution in [3.63, 3.8) is 0 Å². The van der Waals surface area contributed by atoms with Gasteiger partial charge in [0.05, 0.1) is 11.1 Å². The Morgan fingerprint density at radius 2 is 1.89 bits per heavy atom. The Bertz CT molecular complexity index is 555. The largest absolute Gasteiger partial charge is 0.476 e. The first kappa shape index (κ1) is 14.5. The van der Waals surface area contributed by atoms with Gasteiger partial charge in [-0.25, -0.2) is 4.98 Å². The van der Waals surface area contributed by atoms with Crippen LogP contribution in [0.4, 0.5) is 0 Å². The highest BCUT2D eigenvalue weighted by Crippen LogP contribution is 2.26. The second-order valence-corrected chi connectivity index (χ2v) is 6.33. The predicted octanol–water partition coefficient (Wildman–Crippen LogP) is 5.10. The second kappa shape index (κ2) is 6.53. The maximum Gasteiger partial charge on any atom is 0.228 e. The van der Waals surface area contributed by atoms with Crippen LogP contribution in [0.15, 0.2) is 45.5 Å². The minimum absolute atomic E-state index is 0.331. The fraction of sp³-hybridized carbons (Fsp3) is 0.267. The molecule has 0 saturated heterocycles. The number of nitrogens with zero attached hydrogens (tertiary/aromatic N) is 1. The third-order valence-corrected chi connectivity index (χ3v) is 3.89. The first-order chi connectivity index (χ1) is 9.06. The lowest BCUT2D eigenvalue weighted by atomic mass is 10.0. The van der Waals surface area contributed by atoms with E-state index in [1.165, 1.54) is 11.1 Å². The molecule has 19 heavy (non-hydrogen) atoms. The molecule has 0 spiro atoms. The fourth-order valence-corrected chi connectivity index (χ4v) is 2.81. The molecule has 0 aliphatic heterocycles. The van der Waals surface area contributed by atoms with E-state index in [0.29, 0.717) is 18.4 Å². The van der Waals surface area contributed by atoms with E-state index < -0.39 is 0 Å². The zero-order valence-corrected chi connectivity index (χ0v) is 14.0. The van der Waals surface area contributed by atoms with Crippen molar-refractivity contribution in [3.05, 3.63) is 56.6 Å². The third kappa shape index (κ3) is 4.05. The Morgan fingerprint density at radius 3 is 2.53 bits per heavy atom. The van der Waals surface area contributed by atoms with Gasteiger partial charge < -0.3 is 4.74 Å². The summed E-state index contributed by atoms with van der Waals surface area (Å²) in [5.74, 6) is 0.958. The Labute approximate surface area is 130 Å². The molecule has 0 unspecified atom stereocenters. The van der Waals surface area contributed by atoms with Gasteiger partial charge in [-0.15, -0.1) is 0 Å². The Hall–Kier alpha value is -0.870. The van der Waals surface area contributed by atoms with Gasteiger partial charge in [0.1, 0.15) is 0 Å². The van der Waals surface area contributed by atoms with Crippen LogP contribution < -0.4 is 4.74 Å². The van der Waals surface area contributed by atoms with Crippen molar-refractivity contribution in [2.24, 2.45) is 0 Å². The van der Waals surface area contributed by atoms with Gasteiger partial charge in [0.15, 0.2) is 0 Å². The molecule has 4 heteroatoms. The summed E-state index contributed by atoms with van der Waals surface area (Å²) in [4.78, 5) is 4.24. The quantitative estimate of drug-likeness (QED) is 0.731. The topological polar surface area (TPSA) is 22.1 Å².